The van der Waals surface area contributed by atoms with E-state index in [1.54, 1.807) is 12.1 Å². The van der Waals surface area contributed by atoms with Crippen LogP contribution in [-0.2, 0) is 9.84 Å². The van der Waals surface area contributed by atoms with Gasteiger partial charge < -0.3 is 21.9 Å². The Balaban J connectivity index is 3.25. The van der Waals surface area contributed by atoms with E-state index in [9.17, 15) is 13.5 Å². The fourth-order valence-corrected chi connectivity index (χ4v) is 2.43. The van der Waals surface area contributed by atoms with E-state index in [0.717, 1.165) is 0 Å². The van der Waals surface area contributed by atoms with Gasteiger partial charge in [-0.3, -0.25) is 0 Å². The van der Waals surface area contributed by atoms with Gasteiger partial charge in [0.15, 0.2) is 5.44 Å². The predicted molar refractivity (Wildman–Crippen MR) is 67.3 cm³/mol. The highest BCUT2D eigenvalue weighted by Crippen LogP contribution is 2.26. The molecule has 0 spiro atoms. The van der Waals surface area contributed by atoms with E-state index in [-0.39, 0.29) is 4.90 Å². The summed E-state index contributed by atoms with van der Waals surface area (Å²) in [6.45, 7) is 2.01. The van der Waals surface area contributed by atoms with E-state index in [0.29, 0.717) is 24.5 Å². The van der Waals surface area contributed by atoms with Crippen molar-refractivity contribution >= 4 is 21.2 Å². The molecule has 0 aliphatic heterocycles. The van der Waals surface area contributed by atoms with Gasteiger partial charge >= 0.3 is 0 Å². The average Bonchev–Trinajstić information content (AvgIpc) is 2.27. The zero-order chi connectivity index (χ0) is 13.1. The van der Waals surface area contributed by atoms with Crippen LogP contribution in [0.4, 0.5) is 11.4 Å². The third kappa shape index (κ3) is 3.09. The zero-order valence-corrected chi connectivity index (χ0v) is 10.4. The monoisotopic (exact) mass is 259 g/mol. The van der Waals surface area contributed by atoms with Crippen LogP contribution in [0, 0.1) is 0 Å². The van der Waals surface area contributed by atoms with Gasteiger partial charge in [-0.05, 0) is 25.1 Å². The Kier molecular flexibility index (Phi) is 4.33. The number of hydrogen-bond acceptors (Lipinski definition) is 6. The lowest BCUT2D eigenvalue weighted by atomic mass is 10.3. The summed E-state index contributed by atoms with van der Waals surface area (Å²) >= 11 is 0. The minimum Gasteiger partial charge on any atom is -0.399 e. The molecule has 6 nitrogen and oxygen atoms in total. The molecule has 17 heavy (non-hydrogen) atoms. The van der Waals surface area contributed by atoms with E-state index < -0.39 is 15.3 Å². The summed E-state index contributed by atoms with van der Waals surface area (Å²) in [6.07, 6.45) is 0. The van der Waals surface area contributed by atoms with Gasteiger partial charge in [0.25, 0.3) is 0 Å². The molecule has 1 aromatic rings. The van der Waals surface area contributed by atoms with Crippen LogP contribution in [0.25, 0.3) is 0 Å². The number of anilines is 2. The maximum Gasteiger partial charge on any atom is 0.206 e. The molecule has 0 bridgehead atoms. The van der Waals surface area contributed by atoms with Crippen molar-refractivity contribution in [2.75, 3.05) is 24.1 Å². The lowest BCUT2D eigenvalue weighted by Crippen LogP contribution is -2.20. The first-order valence-electron chi connectivity index (χ1n) is 5.15. The number of benzene rings is 1. The maximum absolute atomic E-state index is 11.9. The molecule has 1 aromatic carbocycles. The number of rotatable bonds is 5. The Morgan fingerprint density at radius 1 is 1.47 bits per heavy atom. The Bertz CT molecular complexity index is 486. The molecule has 6 N–H and O–H groups in total. The van der Waals surface area contributed by atoms with E-state index in [4.69, 9.17) is 11.5 Å². The first kappa shape index (κ1) is 13.8. The predicted octanol–water partition coefficient (Wildman–Crippen LogP) is -0.249. The number of sulfone groups is 1. The van der Waals surface area contributed by atoms with Crippen LogP contribution < -0.4 is 16.8 Å². The molecule has 0 aliphatic carbocycles. The van der Waals surface area contributed by atoms with Gasteiger partial charge in [0, 0.05) is 18.8 Å². The molecule has 96 valence electrons. The van der Waals surface area contributed by atoms with Gasteiger partial charge in [0.05, 0.1) is 10.6 Å². The summed E-state index contributed by atoms with van der Waals surface area (Å²) in [5.74, 6) is 0. The molecule has 1 atom stereocenters. The summed E-state index contributed by atoms with van der Waals surface area (Å²) in [6, 6.07) is 4.46. The topological polar surface area (TPSA) is 118 Å². The van der Waals surface area contributed by atoms with Crippen LogP contribution in [0.15, 0.2) is 23.1 Å². The highest BCUT2D eigenvalue weighted by Gasteiger charge is 2.24. The smallest absolute Gasteiger partial charge is 0.206 e. The van der Waals surface area contributed by atoms with Crippen LogP contribution in [0.2, 0.25) is 0 Å². The molecule has 0 aromatic heterocycles. The molecule has 1 unspecified atom stereocenters. The van der Waals surface area contributed by atoms with Crippen molar-refractivity contribution in [2.45, 2.75) is 17.3 Å². The molecule has 0 amide bonds. The van der Waals surface area contributed by atoms with Gasteiger partial charge in [-0.1, -0.05) is 0 Å². The molecule has 0 radical (unpaired) electrons. The SMILES string of the molecule is CC(O)S(=O)(=O)c1cc(N)ccc1NCCN. The number of aliphatic hydroxyl groups excluding tert-OH is 1. The molecular weight excluding hydrogens is 242 g/mol. The van der Waals surface area contributed by atoms with Crippen LogP contribution in [-0.4, -0.2) is 32.0 Å². The zero-order valence-electron chi connectivity index (χ0n) is 9.55. The number of aliphatic hydroxyl groups is 1. The third-order valence-corrected chi connectivity index (χ3v) is 4.07. The standard InChI is InChI=1S/C10H17N3O3S/c1-7(14)17(15,16)10-6-8(12)2-3-9(10)13-5-4-11/h2-3,6-7,13-14H,4-5,11-12H2,1H3. The minimum atomic E-state index is -3.79. The Labute approximate surface area is 101 Å². The first-order valence-corrected chi connectivity index (χ1v) is 6.69. The summed E-state index contributed by atoms with van der Waals surface area (Å²) in [4.78, 5) is -0.0130. The van der Waals surface area contributed by atoms with Gasteiger partial charge in [0.1, 0.15) is 0 Å². The number of hydrogen-bond donors (Lipinski definition) is 4. The largest absolute Gasteiger partial charge is 0.399 e. The molecule has 1 rings (SSSR count). The van der Waals surface area contributed by atoms with Crippen molar-refractivity contribution in [3.8, 4) is 0 Å². The van der Waals surface area contributed by atoms with Crippen LogP contribution in [0.1, 0.15) is 6.92 Å². The average molecular weight is 259 g/mol. The van der Waals surface area contributed by atoms with Crippen molar-refractivity contribution in [1.29, 1.82) is 0 Å². The summed E-state index contributed by atoms with van der Waals surface area (Å²) in [5, 5.41) is 12.2. The van der Waals surface area contributed by atoms with Gasteiger partial charge in [-0.15, -0.1) is 0 Å². The van der Waals surface area contributed by atoms with Crippen LogP contribution in [0.3, 0.4) is 0 Å². The summed E-state index contributed by atoms with van der Waals surface area (Å²) in [5.41, 5.74) is 10.1. The van der Waals surface area contributed by atoms with E-state index in [2.05, 4.69) is 5.32 Å². The molecule has 0 fully saturated rings. The third-order valence-electron chi connectivity index (χ3n) is 2.22. The van der Waals surface area contributed by atoms with Gasteiger partial charge in [-0.2, -0.15) is 0 Å². The van der Waals surface area contributed by atoms with Crippen molar-refractivity contribution in [2.24, 2.45) is 5.73 Å². The van der Waals surface area contributed by atoms with Crippen molar-refractivity contribution in [3.05, 3.63) is 18.2 Å². The molecular formula is C10H17N3O3S. The second-order valence-electron chi connectivity index (χ2n) is 3.62. The fourth-order valence-electron chi connectivity index (χ4n) is 1.31. The van der Waals surface area contributed by atoms with E-state index in [1.807, 2.05) is 0 Å². The molecule has 0 heterocycles. The molecule has 0 saturated heterocycles. The first-order chi connectivity index (χ1) is 7.89. The number of nitrogens with one attached hydrogen (secondary N) is 1. The maximum atomic E-state index is 11.9. The normalized spacial score (nSPS) is 13.4. The van der Waals surface area contributed by atoms with Crippen LogP contribution in [0.5, 0.6) is 0 Å². The lowest BCUT2D eigenvalue weighted by molar-refractivity contribution is 0.268. The summed E-state index contributed by atoms with van der Waals surface area (Å²) in [7, 11) is -3.79. The van der Waals surface area contributed by atoms with E-state index >= 15 is 0 Å². The van der Waals surface area contributed by atoms with Gasteiger partial charge in [0.2, 0.25) is 9.84 Å². The molecule has 0 aliphatic rings. The highest BCUT2D eigenvalue weighted by molar-refractivity contribution is 7.92. The second-order valence-corrected chi connectivity index (χ2v) is 5.83. The lowest BCUT2D eigenvalue weighted by Gasteiger charge is -2.14. The van der Waals surface area contributed by atoms with Crippen molar-refractivity contribution in [1.82, 2.24) is 0 Å². The van der Waals surface area contributed by atoms with E-state index in [1.165, 1.54) is 13.0 Å². The van der Waals surface area contributed by atoms with Crippen molar-refractivity contribution in [3.63, 3.8) is 0 Å². The Morgan fingerprint density at radius 3 is 2.65 bits per heavy atom. The Hall–Kier alpha value is -1.31. The fraction of sp³-hybridized carbons (Fsp3) is 0.400. The minimum absolute atomic E-state index is 0.0130. The number of nitrogens with two attached hydrogens (primary N) is 2. The summed E-state index contributed by atoms with van der Waals surface area (Å²) < 4.78 is 23.8. The highest BCUT2D eigenvalue weighted by atomic mass is 32.2. The molecule has 7 heteroatoms. The second kappa shape index (κ2) is 5.35. The molecule has 0 saturated carbocycles. The van der Waals surface area contributed by atoms with Gasteiger partial charge in [-0.25, -0.2) is 8.42 Å². The Morgan fingerprint density at radius 2 is 2.12 bits per heavy atom. The number of nitrogen functional groups attached to an aromatic ring is 1. The van der Waals surface area contributed by atoms with Crippen LogP contribution >= 0.6 is 0 Å². The van der Waals surface area contributed by atoms with Crippen molar-refractivity contribution < 1.29 is 13.5 Å². The quantitative estimate of drug-likeness (QED) is 0.542.